The van der Waals surface area contributed by atoms with Crippen LogP contribution in [-0.4, -0.2) is 36.1 Å². The van der Waals surface area contributed by atoms with Crippen LogP contribution in [0.1, 0.15) is 45.8 Å². The number of piperidine rings is 1. The average Bonchev–Trinajstić information content (AvgIpc) is 3.16. The fraction of sp³-hybridized carbons (Fsp3) is 0.500. The number of rotatable bonds is 4. The van der Waals surface area contributed by atoms with Crippen LogP contribution in [0.25, 0.3) is 0 Å². The van der Waals surface area contributed by atoms with Gasteiger partial charge in [0.2, 0.25) is 5.76 Å². The first-order chi connectivity index (χ1) is 10.7. The van der Waals surface area contributed by atoms with Gasteiger partial charge in [0.25, 0.3) is 0 Å². The summed E-state index contributed by atoms with van der Waals surface area (Å²) in [5.74, 6) is 1.14. The van der Waals surface area contributed by atoms with Crippen molar-refractivity contribution in [3.63, 3.8) is 0 Å². The molecule has 0 aromatic carbocycles. The van der Waals surface area contributed by atoms with Crippen LogP contribution in [0.2, 0.25) is 0 Å². The lowest BCUT2D eigenvalue weighted by atomic mass is 9.98. The fourth-order valence-electron chi connectivity index (χ4n) is 2.85. The Balaban J connectivity index is 1.63. The third kappa shape index (κ3) is 3.39. The van der Waals surface area contributed by atoms with E-state index in [4.69, 9.17) is 4.42 Å². The van der Waals surface area contributed by atoms with Crippen LogP contribution in [0.15, 0.2) is 21.9 Å². The number of hydrogen-bond donors (Lipinski definition) is 0. The third-order valence-electron chi connectivity index (χ3n) is 3.92. The number of methoxy groups -OCH3 is 1. The van der Waals surface area contributed by atoms with Crippen LogP contribution in [0.5, 0.6) is 0 Å². The molecule has 118 valence electrons. The van der Waals surface area contributed by atoms with Crippen LogP contribution >= 0.6 is 11.3 Å². The molecule has 0 N–H and O–H groups in total. The van der Waals surface area contributed by atoms with E-state index in [0.29, 0.717) is 5.92 Å². The predicted molar refractivity (Wildman–Crippen MR) is 84.2 cm³/mol. The first kappa shape index (κ1) is 15.2. The molecular formula is C16H20N2O3S. The number of ether oxygens (including phenoxy) is 1. The van der Waals surface area contributed by atoms with Crippen LogP contribution in [0, 0.1) is 6.92 Å². The van der Waals surface area contributed by atoms with Crippen molar-refractivity contribution in [2.75, 3.05) is 20.2 Å². The quantitative estimate of drug-likeness (QED) is 0.810. The van der Waals surface area contributed by atoms with Gasteiger partial charge in [-0.1, -0.05) is 0 Å². The normalized spacial score (nSPS) is 19.3. The SMILES string of the molecule is COC(=O)c1ccc(CN2CCC[C@H](c3nc(C)cs3)C2)o1. The van der Waals surface area contributed by atoms with Crippen LogP contribution in [0.4, 0.5) is 0 Å². The zero-order valence-electron chi connectivity index (χ0n) is 12.9. The minimum Gasteiger partial charge on any atom is -0.463 e. The van der Waals surface area contributed by atoms with E-state index in [1.54, 1.807) is 17.4 Å². The summed E-state index contributed by atoms with van der Waals surface area (Å²) in [7, 11) is 1.36. The summed E-state index contributed by atoms with van der Waals surface area (Å²) in [6, 6.07) is 3.52. The average molecular weight is 320 g/mol. The number of thiazole rings is 1. The van der Waals surface area contributed by atoms with E-state index in [-0.39, 0.29) is 5.76 Å². The van der Waals surface area contributed by atoms with Gasteiger partial charge in [0.1, 0.15) is 5.76 Å². The van der Waals surface area contributed by atoms with Crippen molar-refractivity contribution in [1.29, 1.82) is 0 Å². The Morgan fingerprint density at radius 3 is 3.14 bits per heavy atom. The zero-order chi connectivity index (χ0) is 15.5. The van der Waals surface area contributed by atoms with Crippen LogP contribution < -0.4 is 0 Å². The van der Waals surface area contributed by atoms with Gasteiger partial charge in [0, 0.05) is 23.5 Å². The summed E-state index contributed by atoms with van der Waals surface area (Å²) in [4.78, 5) is 18.4. The van der Waals surface area contributed by atoms with Gasteiger partial charge in [-0.15, -0.1) is 11.3 Å². The number of aromatic nitrogens is 1. The van der Waals surface area contributed by atoms with Crippen molar-refractivity contribution in [3.05, 3.63) is 39.7 Å². The number of furan rings is 1. The summed E-state index contributed by atoms with van der Waals surface area (Å²) in [5.41, 5.74) is 1.10. The van der Waals surface area contributed by atoms with Gasteiger partial charge in [-0.25, -0.2) is 9.78 Å². The summed E-state index contributed by atoms with van der Waals surface area (Å²) in [6.07, 6.45) is 2.35. The highest BCUT2D eigenvalue weighted by Gasteiger charge is 2.24. The van der Waals surface area contributed by atoms with E-state index in [0.717, 1.165) is 37.5 Å². The summed E-state index contributed by atoms with van der Waals surface area (Å²) >= 11 is 1.75. The Morgan fingerprint density at radius 1 is 1.55 bits per heavy atom. The highest BCUT2D eigenvalue weighted by atomic mass is 32.1. The number of carbonyl (C=O) groups is 1. The second-order valence-corrected chi connectivity index (χ2v) is 6.55. The van der Waals surface area contributed by atoms with Gasteiger partial charge < -0.3 is 9.15 Å². The number of likely N-dealkylation sites (tertiary alicyclic amines) is 1. The molecule has 0 saturated carbocycles. The lowest BCUT2D eigenvalue weighted by molar-refractivity contribution is 0.0560. The van der Waals surface area contributed by atoms with Gasteiger partial charge in [0.05, 0.1) is 18.7 Å². The Hall–Kier alpha value is -1.66. The van der Waals surface area contributed by atoms with Gasteiger partial charge in [-0.05, 0) is 38.4 Å². The topological polar surface area (TPSA) is 55.6 Å². The molecule has 0 radical (unpaired) electrons. The Labute approximate surface area is 133 Å². The van der Waals surface area contributed by atoms with E-state index in [9.17, 15) is 4.79 Å². The van der Waals surface area contributed by atoms with Crippen molar-refractivity contribution in [2.24, 2.45) is 0 Å². The zero-order valence-corrected chi connectivity index (χ0v) is 13.7. The van der Waals surface area contributed by atoms with Crippen molar-refractivity contribution in [3.8, 4) is 0 Å². The second-order valence-electron chi connectivity index (χ2n) is 5.66. The molecule has 1 aliphatic rings. The highest BCUT2D eigenvalue weighted by molar-refractivity contribution is 7.09. The molecule has 0 bridgehead atoms. The third-order valence-corrected chi connectivity index (χ3v) is 5.04. The molecular weight excluding hydrogens is 300 g/mol. The minimum absolute atomic E-state index is 0.265. The molecule has 3 rings (SSSR count). The molecule has 0 aliphatic carbocycles. The van der Waals surface area contributed by atoms with Crippen molar-refractivity contribution in [2.45, 2.75) is 32.2 Å². The Morgan fingerprint density at radius 2 is 2.41 bits per heavy atom. The molecule has 22 heavy (non-hydrogen) atoms. The minimum atomic E-state index is -0.430. The summed E-state index contributed by atoms with van der Waals surface area (Å²) < 4.78 is 10.2. The monoisotopic (exact) mass is 320 g/mol. The summed E-state index contributed by atoms with van der Waals surface area (Å²) in [6.45, 7) is 4.80. The molecule has 1 fully saturated rings. The van der Waals surface area contributed by atoms with Gasteiger partial charge in [-0.3, -0.25) is 4.90 Å². The molecule has 3 heterocycles. The highest BCUT2D eigenvalue weighted by Crippen LogP contribution is 2.30. The first-order valence-corrected chi connectivity index (χ1v) is 8.35. The molecule has 5 nitrogen and oxygen atoms in total. The first-order valence-electron chi connectivity index (χ1n) is 7.47. The van der Waals surface area contributed by atoms with Gasteiger partial charge in [-0.2, -0.15) is 0 Å². The van der Waals surface area contributed by atoms with Crippen molar-refractivity contribution >= 4 is 17.3 Å². The summed E-state index contributed by atoms with van der Waals surface area (Å²) in [5, 5.41) is 3.35. The lowest BCUT2D eigenvalue weighted by Crippen LogP contribution is -2.33. The maximum atomic E-state index is 11.4. The Bertz CT molecular complexity index is 649. The van der Waals surface area contributed by atoms with E-state index in [2.05, 4.69) is 20.0 Å². The van der Waals surface area contributed by atoms with Crippen molar-refractivity contribution < 1.29 is 13.9 Å². The van der Waals surface area contributed by atoms with Gasteiger partial charge in [0.15, 0.2) is 0 Å². The Kier molecular flexibility index (Phi) is 4.59. The molecule has 6 heteroatoms. The molecule has 0 spiro atoms. The predicted octanol–water partition coefficient (Wildman–Crippen LogP) is 3.21. The van der Waals surface area contributed by atoms with Crippen LogP contribution in [-0.2, 0) is 11.3 Å². The standard InChI is InChI=1S/C16H20N2O3S/c1-11-10-22-15(17-11)12-4-3-7-18(8-12)9-13-5-6-14(21-13)16(19)20-2/h5-6,10,12H,3-4,7-9H2,1-2H3/t12-/m0/s1. The maximum Gasteiger partial charge on any atom is 0.373 e. The molecule has 0 amide bonds. The largest absolute Gasteiger partial charge is 0.463 e. The smallest absolute Gasteiger partial charge is 0.373 e. The fourth-order valence-corrected chi connectivity index (χ4v) is 3.78. The lowest BCUT2D eigenvalue weighted by Gasteiger charge is -2.31. The molecule has 0 unspecified atom stereocenters. The number of nitrogens with zero attached hydrogens (tertiary/aromatic N) is 2. The van der Waals surface area contributed by atoms with E-state index < -0.39 is 5.97 Å². The van der Waals surface area contributed by atoms with Crippen LogP contribution in [0.3, 0.4) is 0 Å². The van der Waals surface area contributed by atoms with E-state index in [1.165, 1.54) is 18.5 Å². The maximum absolute atomic E-state index is 11.4. The number of aryl methyl sites for hydroxylation is 1. The molecule has 2 aromatic rings. The molecule has 1 atom stereocenters. The van der Waals surface area contributed by atoms with Gasteiger partial charge >= 0.3 is 5.97 Å². The molecule has 1 saturated heterocycles. The van der Waals surface area contributed by atoms with E-state index in [1.807, 2.05) is 13.0 Å². The number of esters is 1. The van der Waals surface area contributed by atoms with E-state index >= 15 is 0 Å². The number of carbonyl (C=O) groups excluding carboxylic acids is 1. The second kappa shape index (κ2) is 6.62. The molecule has 1 aliphatic heterocycles. The van der Waals surface area contributed by atoms with Crippen molar-refractivity contribution in [1.82, 2.24) is 9.88 Å². The number of hydrogen-bond acceptors (Lipinski definition) is 6. The molecule has 2 aromatic heterocycles.